The summed E-state index contributed by atoms with van der Waals surface area (Å²) >= 11 is 0. The average molecular weight is 202 g/mol. The number of carbonyl (C=O) groups excluding carboxylic acids is 3. The summed E-state index contributed by atoms with van der Waals surface area (Å²) in [5.41, 5.74) is 4.99. The van der Waals surface area contributed by atoms with E-state index in [1.165, 1.54) is 7.05 Å². The third-order valence-electron chi connectivity index (χ3n) is 1.36. The highest BCUT2D eigenvalue weighted by Crippen LogP contribution is 1.66. The molecular weight excluding hydrogens is 188 g/mol. The minimum Gasteiger partial charge on any atom is -0.358 e. The maximum atomic E-state index is 10.9. The van der Waals surface area contributed by atoms with Crippen molar-refractivity contribution in [3.63, 3.8) is 0 Å². The number of amides is 3. The average Bonchev–Trinajstić information content (AvgIpc) is 2.22. The number of hydrogen-bond donors (Lipinski definition) is 4. The minimum absolute atomic E-state index is 0.103. The Hall–Kier alpha value is -1.63. The van der Waals surface area contributed by atoms with E-state index in [4.69, 9.17) is 5.73 Å². The van der Waals surface area contributed by atoms with E-state index in [0.717, 1.165) is 0 Å². The van der Waals surface area contributed by atoms with Crippen molar-refractivity contribution in [3.05, 3.63) is 0 Å². The standard InChI is InChI=1S/C7H14N4O3/c1-9-6(13)3-11-7(14)4-10-5(12)2-8/h2-4,8H2,1H3,(H,9,13)(H,10,12)(H,11,14). The maximum absolute atomic E-state index is 10.9. The van der Waals surface area contributed by atoms with Crippen LogP contribution in [0.25, 0.3) is 0 Å². The van der Waals surface area contributed by atoms with Gasteiger partial charge in [0, 0.05) is 7.05 Å². The molecule has 0 heterocycles. The van der Waals surface area contributed by atoms with Crippen molar-refractivity contribution in [2.75, 3.05) is 26.7 Å². The second-order valence-electron chi connectivity index (χ2n) is 2.43. The van der Waals surface area contributed by atoms with Crippen molar-refractivity contribution in [2.24, 2.45) is 5.73 Å². The van der Waals surface area contributed by atoms with Gasteiger partial charge in [-0.25, -0.2) is 0 Å². The highest BCUT2D eigenvalue weighted by molar-refractivity contribution is 5.88. The molecule has 0 fully saturated rings. The lowest BCUT2D eigenvalue weighted by Crippen LogP contribution is -2.42. The highest BCUT2D eigenvalue weighted by atomic mass is 16.2. The van der Waals surface area contributed by atoms with E-state index in [9.17, 15) is 14.4 Å². The second kappa shape index (κ2) is 6.84. The molecule has 0 unspecified atom stereocenters. The number of nitrogens with two attached hydrogens (primary N) is 1. The predicted molar refractivity (Wildman–Crippen MR) is 49.1 cm³/mol. The summed E-state index contributed by atoms with van der Waals surface area (Å²) in [6.07, 6.45) is 0. The molecule has 0 saturated heterocycles. The smallest absolute Gasteiger partial charge is 0.239 e. The van der Waals surface area contributed by atoms with Gasteiger partial charge in [0.15, 0.2) is 0 Å². The lowest BCUT2D eigenvalue weighted by atomic mass is 10.5. The van der Waals surface area contributed by atoms with Gasteiger partial charge in [0.25, 0.3) is 0 Å². The first-order valence-electron chi connectivity index (χ1n) is 4.04. The van der Waals surface area contributed by atoms with E-state index in [2.05, 4.69) is 16.0 Å². The van der Waals surface area contributed by atoms with Crippen LogP contribution in [0.2, 0.25) is 0 Å². The van der Waals surface area contributed by atoms with Gasteiger partial charge in [-0.3, -0.25) is 14.4 Å². The first-order valence-corrected chi connectivity index (χ1v) is 4.04. The molecule has 0 radical (unpaired) electrons. The molecule has 0 atom stereocenters. The topological polar surface area (TPSA) is 113 Å². The molecule has 0 aromatic carbocycles. The molecule has 7 nitrogen and oxygen atoms in total. The summed E-state index contributed by atoms with van der Waals surface area (Å²) < 4.78 is 0. The van der Waals surface area contributed by atoms with Crippen molar-refractivity contribution >= 4 is 17.7 Å². The molecule has 0 aromatic rings. The fraction of sp³-hybridized carbons (Fsp3) is 0.571. The van der Waals surface area contributed by atoms with E-state index in [0.29, 0.717) is 0 Å². The molecule has 0 aliphatic heterocycles. The second-order valence-corrected chi connectivity index (χ2v) is 2.43. The monoisotopic (exact) mass is 202 g/mol. The molecule has 0 aliphatic carbocycles. The van der Waals surface area contributed by atoms with Crippen LogP contribution in [0.3, 0.4) is 0 Å². The predicted octanol–water partition coefficient (Wildman–Crippen LogP) is -3.08. The van der Waals surface area contributed by atoms with Gasteiger partial charge in [-0.2, -0.15) is 0 Å². The molecule has 0 bridgehead atoms. The van der Waals surface area contributed by atoms with Gasteiger partial charge in [-0.05, 0) is 0 Å². The molecule has 0 rings (SSSR count). The summed E-state index contributed by atoms with van der Waals surface area (Å²) in [6.45, 7) is -0.441. The summed E-state index contributed by atoms with van der Waals surface area (Å²) in [5, 5.41) is 6.91. The molecule has 0 spiro atoms. The van der Waals surface area contributed by atoms with E-state index in [1.807, 2.05) is 0 Å². The maximum Gasteiger partial charge on any atom is 0.239 e. The van der Waals surface area contributed by atoms with Crippen molar-refractivity contribution in [1.82, 2.24) is 16.0 Å². The number of rotatable bonds is 5. The SMILES string of the molecule is CNC(=O)CNC(=O)CNC(=O)CN. The van der Waals surface area contributed by atoms with Crippen LogP contribution in [0.4, 0.5) is 0 Å². The van der Waals surface area contributed by atoms with Crippen LogP contribution in [0.5, 0.6) is 0 Å². The van der Waals surface area contributed by atoms with Crippen LogP contribution in [-0.4, -0.2) is 44.4 Å². The van der Waals surface area contributed by atoms with Crippen LogP contribution in [0.1, 0.15) is 0 Å². The first kappa shape index (κ1) is 12.4. The van der Waals surface area contributed by atoms with Gasteiger partial charge in [0.05, 0.1) is 19.6 Å². The van der Waals surface area contributed by atoms with Crippen LogP contribution in [0.15, 0.2) is 0 Å². The quantitative estimate of drug-likeness (QED) is 0.378. The zero-order chi connectivity index (χ0) is 11.0. The summed E-state index contributed by atoms with van der Waals surface area (Å²) in [4.78, 5) is 32.2. The van der Waals surface area contributed by atoms with Crippen LogP contribution in [-0.2, 0) is 14.4 Å². The molecular formula is C7H14N4O3. The largest absolute Gasteiger partial charge is 0.358 e. The third-order valence-corrected chi connectivity index (χ3v) is 1.36. The zero-order valence-electron chi connectivity index (χ0n) is 7.92. The van der Waals surface area contributed by atoms with Gasteiger partial charge in [0.1, 0.15) is 0 Å². The van der Waals surface area contributed by atoms with Crippen molar-refractivity contribution in [2.45, 2.75) is 0 Å². The lowest BCUT2D eigenvalue weighted by molar-refractivity contribution is -0.127. The molecule has 7 heteroatoms. The van der Waals surface area contributed by atoms with Crippen molar-refractivity contribution in [3.8, 4) is 0 Å². The van der Waals surface area contributed by atoms with E-state index in [-0.39, 0.29) is 25.5 Å². The van der Waals surface area contributed by atoms with Crippen LogP contribution >= 0.6 is 0 Å². The molecule has 3 amide bonds. The molecule has 0 aromatic heterocycles. The fourth-order valence-electron chi connectivity index (χ4n) is 0.581. The fourth-order valence-corrected chi connectivity index (χ4v) is 0.581. The van der Waals surface area contributed by atoms with Crippen LogP contribution < -0.4 is 21.7 Å². The van der Waals surface area contributed by atoms with Gasteiger partial charge in [0.2, 0.25) is 17.7 Å². The Morgan fingerprint density at radius 1 is 1.00 bits per heavy atom. The minimum atomic E-state index is -0.435. The van der Waals surface area contributed by atoms with Gasteiger partial charge < -0.3 is 21.7 Å². The highest BCUT2D eigenvalue weighted by Gasteiger charge is 2.04. The summed E-state index contributed by atoms with van der Waals surface area (Å²) in [7, 11) is 1.46. The van der Waals surface area contributed by atoms with Gasteiger partial charge in [-0.1, -0.05) is 0 Å². The Morgan fingerprint density at radius 3 is 2.00 bits per heavy atom. The van der Waals surface area contributed by atoms with E-state index < -0.39 is 11.8 Å². The third kappa shape index (κ3) is 5.95. The Bertz CT molecular complexity index is 207. The molecule has 0 saturated carbocycles. The van der Waals surface area contributed by atoms with Gasteiger partial charge in [-0.15, -0.1) is 0 Å². The molecule has 5 N–H and O–H groups in total. The van der Waals surface area contributed by atoms with E-state index >= 15 is 0 Å². The molecule has 80 valence electrons. The molecule has 0 aliphatic rings. The normalized spacial score (nSPS) is 9.00. The first-order chi connectivity index (χ1) is 6.60. The Balaban J connectivity index is 3.56. The number of carbonyl (C=O) groups is 3. The molecule has 14 heavy (non-hydrogen) atoms. The number of likely N-dealkylation sites (N-methyl/N-ethyl adjacent to an activating group) is 1. The van der Waals surface area contributed by atoms with Crippen molar-refractivity contribution < 1.29 is 14.4 Å². The summed E-state index contributed by atoms with van der Waals surface area (Å²) in [6, 6.07) is 0. The van der Waals surface area contributed by atoms with E-state index in [1.54, 1.807) is 0 Å². The number of nitrogens with one attached hydrogen (secondary N) is 3. The number of hydrogen-bond acceptors (Lipinski definition) is 4. The summed E-state index contributed by atoms with van der Waals surface area (Å²) in [5.74, 6) is -1.15. The Kier molecular flexibility index (Phi) is 6.04. The van der Waals surface area contributed by atoms with Crippen LogP contribution in [0, 0.1) is 0 Å². The van der Waals surface area contributed by atoms with Gasteiger partial charge >= 0.3 is 0 Å². The Morgan fingerprint density at radius 2 is 1.50 bits per heavy atom. The lowest BCUT2D eigenvalue weighted by Gasteiger charge is -2.04. The Labute approximate surface area is 81.4 Å². The van der Waals surface area contributed by atoms with Crippen molar-refractivity contribution in [1.29, 1.82) is 0 Å². The zero-order valence-corrected chi connectivity index (χ0v) is 7.92.